The van der Waals surface area contributed by atoms with E-state index < -0.39 is 0 Å². The van der Waals surface area contributed by atoms with Crippen molar-refractivity contribution in [3.05, 3.63) is 47.7 Å². The zero-order valence-corrected chi connectivity index (χ0v) is 17.4. The Hall–Kier alpha value is -2.38. The van der Waals surface area contributed by atoms with Crippen LogP contribution >= 0.6 is 0 Å². The first-order valence-corrected chi connectivity index (χ1v) is 10.5. The number of ether oxygens (including phenoxy) is 1. The number of carbonyl (C=O) groups excluding carboxylic acids is 1. The summed E-state index contributed by atoms with van der Waals surface area (Å²) in [6.07, 6.45) is 3.53. The number of anilines is 1. The zero-order chi connectivity index (χ0) is 20.3. The molecule has 1 aromatic heterocycles. The molecule has 3 heterocycles. The zero-order valence-electron chi connectivity index (χ0n) is 17.4. The van der Waals surface area contributed by atoms with E-state index in [-0.39, 0.29) is 17.5 Å². The van der Waals surface area contributed by atoms with E-state index in [0.29, 0.717) is 12.1 Å². The number of nitrogens with zero attached hydrogens (tertiary/aromatic N) is 3. The third kappa shape index (κ3) is 4.46. The fourth-order valence-corrected chi connectivity index (χ4v) is 4.23. The third-order valence-corrected chi connectivity index (χ3v) is 5.84. The Morgan fingerprint density at radius 3 is 2.79 bits per heavy atom. The van der Waals surface area contributed by atoms with Gasteiger partial charge in [-0.05, 0) is 38.8 Å². The van der Waals surface area contributed by atoms with Crippen LogP contribution in [0.3, 0.4) is 0 Å². The highest BCUT2D eigenvalue weighted by molar-refractivity contribution is 5.98. The van der Waals surface area contributed by atoms with Gasteiger partial charge in [0, 0.05) is 19.6 Å². The van der Waals surface area contributed by atoms with Crippen molar-refractivity contribution in [3.63, 3.8) is 0 Å². The number of benzene rings is 1. The van der Waals surface area contributed by atoms with E-state index in [0.717, 1.165) is 51.5 Å². The van der Waals surface area contributed by atoms with Gasteiger partial charge in [0.15, 0.2) is 0 Å². The lowest BCUT2D eigenvalue weighted by Gasteiger charge is -2.38. The van der Waals surface area contributed by atoms with Gasteiger partial charge < -0.3 is 15.4 Å². The monoisotopic (exact) mass is 397 g/mol. The molecule has 29 heavy (non-hydrogen) atoms. The number of amides is 1. The molecule has 1 amide bonds. The number of carbonyl (C=O) groups is 1. The Balaban J connectivity index is 1.40. The number of hydrogen-bond acceptors (Lipinski definition) is 5. The van der Waals surface area contributed by atoms with Gasteiger partial charge in [-0.2, -0.15) is 5.10 Å². The highest BCUT2D eigenvalue weighted by atomic mass is 16.5. The normalized spacial score (nSPS) is 21.2. The van der Waals surface area contributed by atoms with E-state index in [4.69, 9.17) is 4.74 Å². The van der Waals surface area contributed by atoms with E-state index in [1.807, 2.05) is 10.7 Å². The summed E-state index contributed by atoms with van der Waals surface area (Å²) in [5.74, 6) is 0.742. The van der Waals surface area contributed by atoms with Crippen LogP contribution in [0.15, 0.2) is 36.5 Å². The van der Waals surface area contributed by atoms with Gasteiger partial charge in [-0.15, -0.1) is 0 Å². The summed E-state index contributed by atoms with van der Waals surface area (Å²) in [5.41, 5.74) is 1.67. The fourth-order valence-electron chi connectivity index (χ4n) is 4.23. The molecule has 1 saturated heterocycles. The Morgan fingerprint density at radius 2 is 2.03 bits per heavy atom. The molecular weight excluding hydrogens is 366 g/mol. The van der Waals surface area contributed by atoms with E-state index >= 15 is 0 Å². The largest absolute Gasteiger partial charge is 0.379 e. The maximum atomic E-state index is 12.8. The number of morpholine rings is 1. The first kappa shape index (κ1) is 19.9. The molecule has 0 saturated carbocycles. The quantitative estimate of drug-likeness (QED) is 0.734. The highest BCUT2D eigenvalue weighted by Gasteiger charge is 2.36. The molecule has 2 aliphatic heterocycles. The van der Waals surface area contributed by atoms with Crippen LogP contribution in [0.1, 0.15) is 48.7 Å². The number of rotatable bonds is 6. The van der Waals surface area contributed by atoms with Gasteiger partial charge in [0.05, 0.1) is 31.0 Å². The van der Waals surface area contributed by atoms with Crippen molar-refractivity contribution in [2.24, 2.45) is 0 Å². The first-order chi connectivity index (χ1) is 14.0. The maximum Gasteiger partial charge on any atom is 0.256 e. The second kappa shape index (κ2) is 8.55. The summed E-state index contributed by atoms with van der Waals surface area (Å²) in [6.45, 7) is 9.55. The molecule has 0 spiro atoms. The molecule has 4 rings (SSSR count). The van der Waals surface area contributed by atoms with Gasteiger partial charge in [-0.3, -0.25) is 9.69 Å². The van der Waals surface area contributed by atoms with E-state index in [1.165, 1.54) is 5.56 Å². The van der Waals surface area contributed by atoms with Gasteiger partial charge in [0.1, 0.15) is 11.4 Å². The number of aromatic nitrogens is 2. The van der Waals surface area contributed by atoms with Crippen LogP contribution in [0.2, 0.25) is 0 Å². The van der Waals surface area contributed by atoms with Gasteiger partial charge in [-0.1, -0.05) is 30.3 Å². The molecule has 7 heteroatoms. The van der Waals surface area contributed by atoms with Crippen molar-refractivity contribution < 1.29 is 9.53 Å². The van der Waals surface area contributed by atoms with Crippen LogP contribution < -0.4 is 10.6 Å². The van der Waals surface area contributed by atoms with Crippen LogP contribution in [0, 0.1) is 0 Å². The standard InChI is InChI=1S/C22H31N5O2/c1-22(2)15-19(17-7-4-3-5-8-17)25-20-18(16-24-27(20)22)21(28)23-9-6-10-26-11-13-29-14-12-26/h3-5,7-8,16,19,25H,6,9-15H2,1-2H3,(H,23,28). The highest BCUT2D eigenvalue weighted by Crippen LogP contribution is 2.39. The Bertz CT molecular complexity index is 827. The lowest BCUT2D eigenvalue weighted by Crippen LogP contribution is -2.39. The van der Waals surface area contributed by atoms with Crippen molar-refractivity contribution in [2.75, 3.05) is 44.7 Å². The minimum absolute atomic E-state index is 0.0646. The predicted octanol–water partition coefficient (Wildman–Crippen LogP) is 2.63. The van der Waals surface area contributed by atoms with E-state index in [2.05, 4.69) is 58.7 Å². The van der Waals surface area contributed by atoms with Crippen LogP contribution in [-0.4, -0.2) is 60.0 Å². The third-order valence-electron chi connectivity index (χ3n) is 5.84. The lowest BCUT2D eigenvalue weighted by molar-refractivity contribution is 0.0374. The molecule has 7 nitrogen and oxygen atoms in total. The second-order valence-corrected chi connectivity index (χ2v) is 8.51. The van der Waals surface area contributed by atoms with Crippen molar-refractivity contribution in [1.82, 2.24) is 20.0 Å². The summed E-state index contributed by atoms with van der Waals surface area (Å²) in [5, 5.41) is 11.2. The summed E-state index contributed by atoms with van der Waals surface area (Å²) < 4.78 is 7.33. The Labute approximate surface area is 172 Å². The van der Waals surface area contributed by atoms with Crippen LogP contribution in [0.4, 0.5) is 5.82 Å². The maximum absolute atomic E-state index is 12.8. The van der Waals surface area contributed by atoms with Gasteiger partial charge in [-0.25, -0.2) is 4.68 Å². The molecule has 1 aromatic carbocycles. The van der Waals surface area contributed by atoms with Crippen molar-refractivity contribution >= 4 is 11.7 Å². The van der Waals surface area contributed by atoms with E-state index in [1.54, 1.807) is 6.20 Å². The first-order valence-electron chi connectivity index (χ1n) is 10.5. The summed E-state index contributed by atoms with van der Waals surface area (Å²) >= 11 is 0. The molecular formula is C22H31N5O2. The molecule has 0 radical (unpaired) electrons. The van der Waals surface area contributed by atoms with E-state index in [9.17, 15) is 4.79 Å². The summed E-state index contributed by atoms with van der Waals surface area (Å²) in [4.78, 5) is 15.2. The van der Waals surface area contributed by atoms with Gasteiger partial charge in [0.2, 0.25) is 0 Å². The Kier molecular flexibility index (Phi) is 5.87. The minimum atomic E-state index is -0.171. The SMILES string of the molecule is CC1(C)CC(c2ccccc2)Nc2c(C(=O)NCCCN3CCOCC3)cnn21. The number of hydrogen-bond donors (Lipinski definition) is 2. The Morgan fingerprint density at radius 1 is 1.28 bits per heavy atom. The summed E-state index contributed by atoms with van der Waals surface area (Å²) in [7, 11) is 0. The molecule has 0 aliphatic carbocycles. The molecule has 2 aliphatic rings. The molecule has 0 bridgehead atoms. The van der Waals surface area contributed by atoms with Crippen LogP contribution in [-0.2, 0) is 10.3 Å². The smallest absolute Gasteiger partial charge is 0.256 e. The molecule has 1 atom stereocenters. The molecule has 1 fully saturated rings. The van der Waals surface area contributed by atoms with Crippen molar-refractivity contribution in [3.8, 4) is 0 Å². The fraction of sp³-hybridized carbons (Fsp3) is 0.545. The molecule has 2 N–H and O–H groups in total. The van der Waals surface area contributed by atoms with Gasteiger partial charge in [0.25, 0.3) is 5.91 Å². The van der Waals surface area contributed by atoms with Crippen molar-refractivity contribution in [1.29, 1.82) is 0 Å². The summed E-state index contributed by atoms with van der Waals surface area (Å²) in [6, 6.07) is 10.5. The topological polar surface area (TPSA) is 71.4 Å². The second-order valence-electron chi connectivity index (χ2n) is 8.51. The van der Waals surface area contributed by atoms with Crippen LogP contribution in [0.25, 0.3) is 0 Å². The van der Waals surface area contributed by atoms with Gasteiger partial charge >= 0.3 is 0 Å². The van der Waals surface area contributed by atoms with Crippen molar-refractivity contribution in [2.45, 2.75) is 38.3 Å². The molecule has 2 aromatic rings. The lowest BCUT2D eigenvalue weighted by atomic mass is 9.89. The molecule has 156 valence electrons. The number of nitrogens with one attached hydrogen (secondary N) is 2. The average molecular weight is 398 g/mol. The minimum Gasteiger partial charge on any atom is -0.379 e. The molecule has 1 unspecified atom stereocenters. The number of fused-ring (bicyclic) bond motifs is 1. The van der Waals surface area contributed by atoms with Crippen LogP contribution in [0.5, 0.6) is 0 Å². The predicted molar refractivity (Wildman–Crippen MR) is 113 cm³/mol. The average Bonchev–Trinajstić information content (AvgIpc) is 3.17.